The highest BCUT2D eigenvalue weighted by molar-refractivity contribution is 6.21. The van der Waals surface area contributed by atoms with E-state index in [2.05, 4.69) is 38.8 Å². The van der Waals surface area contributed by atoms with Crippen molar-refractivity contribution in [3.05, 3.63) is 89.3 Å². The number of carbonyl (C=O) groups excluding carboxylic acids is 1. The van der Waals surface area contributed by atoms with Crippen LogP contribution in [0.25, 0.3) is 0 Å². The highest BCUT2D eigenvalue weighted by Gasteiger charge is 2.21. The maximum Gasteiger partial charge on any atom is 0.256 e. The summed E-state index contributed by atoms with van der Waals surface area (Å²) < 4.78 is 5.37. The molecule has 9 heteroatoms. The van der Waals surface area contributed by atoms with Crippen molar-refractivity contribution in [2.45, 2.75) is 39.5 Å². The number of rotatable bonds is 6. The maximum atomic E-state index is 12.9. The monoisotopic (exact) mass is 499 g/mol. The average molecular weight is 500 g/mol. The molecule has 1 aromatic heterocycles. The Bertz CT molecular complexity index is 1370. The Morgan fingerprint density at radius 1 is 1.24 bits per heavy atom. The molecule has 192 valence electrons. The number of anilines is 2. The number of aliphatic imine (C=N–C) groups is 2. The number of hydrogen-bond acceptors (Lipinski definition) is 8. The summed E-state index contributed by atoms with van der Waals surface area (Å²) >= 11 is 0. The van der Waals surface area contributed by atoms with Gasteiger partial charge in [-0.05, 0) is 55.3 Å². The minimum Gasteiger partial charge on any atom is -0.383 e. The van der Waals surface area contributed by atoms with Crippen LogP contribution in [0.3, 0.4) is 0 Å². The van der Waals surface area contributed by atoms with E-state index in [0.29, 0.717) is 40.1 Å². The molecule has 4 rings (SSSR count). The standard InChI is InChI=1S/C28H33N7O2/c1-6-31-21-10-9-20(18-11-13-30-14-12-18)32-25(21)26(29)33-22-15-19(8-7-17(22)2)27(36)34-24-16-23(37-35-24)28(3,4)5/h6-11,15-16,30,33H,1,12-14,29H2,2-5H3,(H,34,35,36)/b26-25-,31-21-. The van der Waals surface area contributed by atoms with Crippen LogP contribution in [0.5, 0.6) is 0 Å². The lowest BCUT2D eigenvalue weighted by Crippen LogP contribution is -2.25. The van der Waals surface area contributed by atoms with Crippen LogP contribution in [0.2, 0.25) is 0 Å². The van der Waals surface area contributed by atoms with Gasteiger partial charge in [0.05, 0.1) is 11.4 Å². The van der Waals surface area contributed by atoms with Crippen molar-refractivity contribution in [3.63, 3.8) is 0 Å². The molecular weight excluding hydrogens is 466 g/mol. The quantitative estimate of drug-likeness (QED) is 0.460. The molecule has 1 aromatic carbocycles. The number of hydrogen-bond donors (Lipinski definition) is 4. The zero-order valence-electron chi connectivity index (χ0n) is 21.7. The molecule has 1 amide bonds. The normalized spacial score (nSPS) is 18.2. The second-order valence-electron chi connectivity index (χ2n) is 9.91. The molecule has 3 heterocycles. The van der Waals surface area contributed by atoms with E-state index < -0.39 is 0 Å². The largest absolute Gasteiger partial charge is 0.383 e. The Morgan fingerprint density at radius 3 is 2.73 bits per heavy atom. The first-order valence-corrected chi connectivity index (χ1v) is 12.2. The third-order valence-electron chi connectivity index (χ3n) is 6.01. The first kappa shape index (κ1) is 25.8. The predicted molar refractivity (Wildman–Crippen MR) is 149 cm³/mol. The van der Waals surface area contributed by atoms with Crippen LogP contribution in [-0.4, -0.2) is 35.6 Å². The molecule has 0 spiro atoms. The number of nitrogens with zero attached hydrogens (tertiary/aromatic N) is 3. The summed E-state index contributed by atoms with van der Waals surface area (Å²) in [5.41, 5.74) is 11.5. The maximum absolute atomic E-state index is 12.9. The molecule has 9 nitrogen and oxygen atoms in total. The van der Waals surface area contributed by atoms with E-state index >= 15 is 0 Å². The lowest BCUT2D eigenvalue weighted by Gasteiger charge is -2.19. The van der Waals surface area contributed by atoms with Crippen molar-refractivity contribution in [2.24, 2.45) is 15.7 Å². The molecule has 2 aromatic rings. The van der Waals surface area contributed by atoms with Crippen LogP contribution in [0.4, 0.5) is 11.5 Å². The van der Waals surface area contributed by atoms with E-state index in [4.69, 9.17) is 15.2 Å². The second-order valence-corrected chi connectivity index (χ2v) is 9.91. The average Bonchev–Trinajstić information content (AvgIpc) is 3.35. The van der Waals surface area contributed by atoms with E-state index in [1.54, 1.807) is 18.2 Å². The molecule has 0 bridgehead atoms. The minimum atomic E-state index is -0.310. The lowest BCUT2D eigenvalue weighted by molar-refractivity contribution is 0.102. The summed E-state index contributed by atoms with van der Waals surface area (Å²) in [7, 11) is 0. The van der Waals surface area contributed by atoms with Crippen molar-refractivity contribution >= 4 is 28.8 Å². The fraction of sp³-hybridized carbons (Fsp3) is 0.286. The molecule has 0 saturated carbocycles. The predicted octanol–water partition coefficient (Wildman–Crippen LogP) is 4.59. The van der Waals surface area contributed by atoms with Gasteiger partial charge in [0.25, 0.3) is 5.91 Å². The Hall–Kier alpha value is -4.24. The van der Waals surface area contributed by atoms with Gasteiger partial charge in [-0.1, -0.05) is 44.6 Å². The molecule has 0 unspecified atom stereocenters. The fourth-order valence-corrected chi connectivity index (χ4v) is 3.86. The van der Waals surface area contributed by atoms with E-state index in [1.807, 2.05) is 45.9 Å². The van der Waals surface area contributed by atoms with Crippen LogP contribution in [-0.2, 0) is 5.41 Å². The smallest absolute Gasteiger partial charge is 0.256 e. The van der Waals surface area contributed by atoms with Gasteiger partial charge in [-0.2, -0.15) is 0 Å². The number of allylic oxidation sites excluding steroid dienone is 2. The third kappa shape index (κ3) is 6.13. The van der Waals surface area contributed by atoms with E-state index in [-0.39, 0.29) is 11.3 Å². The summed E-state index contributed by atoms with van der Waals surface area (Å²) in [6.45, 7) is 13.4. The number of nitrogens with two attached hydrogens (primary N) is 1. The van der Waals surface area contributed by atoms with Gasteiger partial charge in [-0.25, -0.2) is 4.99 Å². The Kier molecular flexibility index (Phi) is 7.54. The molecule has 0 fully saturated rings. The summed E-state index contributed by atoms with van der Waals surface area (Å²) in [5, 5.41) is 13.3. The van der Waals surface area contributed by atoms with Crippen LogP contribution >= 0.6 is 0 Å². The summed E-state index contributed by atoms with van der Waals surface area (Å²) in [6.07, 6.45) is 8.31. The van der Waals surface area contributed by atoms with Gasteiger partial charge in [-0.15, -0.1) is 0 Å². The van der Waals surface area contributed by atoms with Crippen LogP contribution in [0.1, 0.15) is 48.9 Å². The van der Waals surface area contributed by atoms with Crippen LogP contribution in [0, 0.1) is 6.92 Å². The Morgan fingerprint density at radius 2 is 2.05 bits per heavy atom. The summed E-state index contributed by atoms with van der Waals surface area (Å²) in [4.78, 5) is 22.1. The first-order chi connectivity index (χ1) is 17.7. The van der Waals surface area contributed by atoms with Crippen molar-refractivity contribution in [2.75, 3.05) is 23.7 Å². The fourth-order valence-electron chi connectivity index (χ4n) is 3.86. The Balaban J connectivity index is 1.60. The van der Waals surface area contributed by atoms with Crippen molar-refractivity contribution in [3.8, 4) is 0 Å². The van der Waals surface area contributed by atoms with Crippen LogP contribution < -0.4 is 21.7 Å². The van der Waals surface area contributed by atoms with Gasteiger partial charge in [0, 0.05) is 35.5 Å². The zero-order chi connectivity index (χ0) is 26.6. The number of amides is 1. The van der Waals surface area contributed by atoms with Crippen LogP contribution in [0.15, 0.2) is 86.9 Å². The molecule has 0 radical (unpaired) electrons. The molecule has 2 aliphatic heterocycles. The Labute approximate surface area is 217 Å². The molecule has 0 atom stereocenters. The number of dihydropyridines is 1. The number of carbonyl (C=O) groups is 1. The molecule has 0 aliphatic carbocycles. The van der Waals surface area contributed by atoms with E-state index in [1.165, 1.54) is 6.20 Å². The summed E-state index contributed by atoms with van der Waals surface area (Å²) in [5.74, 6) is 1.06. The lowest BCUT2D eigenvalue weighted by atomic mass is 9.93. The van der Waals surface area contributed by atoms with Crippen molar-refractivity contribution < 1.29 is 9.32 Å². The minimum absolute atomic E-state index is 0.212. The molecule has 37 heavy (non-hydrogen) atoms. The van der Waals surface area contributed by atoms with E-state index in [0.717, 1.165) is 36.4 Å². The number of benzene rings is 1. The second kappa shape index (κ2) is 10.8. The number of nitrogens with one attached hydrogen (secondary N) is 3. The molecular formula is C28H33N7O2. The van der Waals surface area contributed by atoms with Crippen molar-refractivity contribution in [1.82, 2.24) is 10.5 Å². The highest BCUT2D eigenvalue weighted by Crippen LogP contribution is 2.26. The van der Waals surface area contributed by atoms with Gasteiger partial charge >= 0.3 is 0 Å². The third-order valence-corrected chi connectivity index (χ3v) is 6.01. The van der Waals surface area contributed by atoms with Gasteiger partial charge in [0.1, 0.15) is 17.3 Å². The van der Waals surface area contributed by atoms with Gasteiger partial charge in [0.15, 0.2) is 5.82 Å². The molecule has 0 saturated heterocycles. The highest BCUT2D eigenvalue weighted by atomic mass is 16.5. The molecule has 5 N–H and O–H groups in total. The van der Waals surface area contributed by atoms with Gasteiger partial charge in [0.2, 0.25) is 0 Å². The van der Waals surface area contributed by atoms with Crippen molar-refractivity contribution in [1.29, 1.82) is 0 Å². The van der Waals surface area contributed by atoms with E-state index in [9.17, 15) is 4.79 Å². The topological polar surface area (TPSA) is 130 Å². The molecule has 2 aliphatic rings. The first-order valence-electron chi connectivity index (χ1n) is 12.2. The SMILES string of the molecule is C=C/N=C1/C=CC(C2=CCNCC2)=N/C1=C(/N)Nc1cc(C(=O)Nc2cc(C(C)(C)C)on2)ccc1C. The number of aryl methyl sites for hydroxylation is 1. The zero-order valence-corrected chi connectivity index (χ0v) is 21.7. The number of aromatic nitrogens is 1. The van der Waals surface area contributed by atoms with Gasteiger partial charge < -0.3 is 26.2 Å². The van der Waals surface area contributed by atoms with Gasteiger partial charge in [-0.3, -0.25) is 9.79 Å². The summed E-state index contributed by atoms with van der Waals surface area (Å²) in [6, 6.07) is 7.08.